The second kappa shape index (κ2) is 8.82. The predicted molar refractivity (Wildman–Crippen MR) is 118 cm³/mol. The number of carbonyl (C=O) groups is 1. The monoisotopic (exact) mass is 442 g/mol. The highest BCUT2D eigenvalue weighted by Gasteiger charge is 2.28. The maximum Gasteiger partial charge on any atom is 0.291 e. The number of benzene rings is 2. The Morgan fingerprint density at radius 1 is 1.13 bits per heavy atom. The first-order valence-corrected chi connectivity index (χ1v) is 11.7. The molecule has 1 aliphatic heterocycles. The maximum absolute atomic E-state index is 12.9. The molecule has 1 aromatic heterocycles. The van der Waals surface area contributed by atoms with E-state index in [-0.39, 0.29) is 17.3 Å². The number of methoxy groups -OCH3 is 1. The van der Waals surface area contributed by atoms with Crippen LogP contribution in [0.3, 0.4) is 0 Å². The zero-order valence-corrected chi connectivity index (χ0v) is 18.4. The van der Waals surface area contributed by atoms with Crippen LogP contribution in [-0.2, 0) is 21.4 Å². The molecule has 1 saturated heterocycles. The number of nitrogens with one attached hydrogen (secondary N) is 1. The van der Waals surface area contributed by atoms with Crippen LogP contribution in [0.25, 0.3) is 11.0 Å². The van der Waals surface area contributed by atoms with Crippen LogP contribution in [0.4, 0.5) is 5.69 Å². The van der Waals surface area contributed by atoms with Gasteiger partial charge in [0.1, 0.15) is 5.58 Å². The number of rotatable bonds is 6. The van der Waals surface area contributed by atoms with Crippen LogP contribution in [0.15, 0.2) is 57.8 Å². The largest absolute Gasteiger partial charge is 0.451 e. The Balaban J connectivity index is 1.52. The van der Waals surface area contributed by atoms with E-state index >= 15 is 0 Å². The lowest BCUT2D eigenvalue weighted by molar-refractivity contribution is 0.0992. The molecule has 3 aromatic rings. The number of piperidine rings is 1. The number of amides is 1. The molecule has 0 atom stereocenters. The average Bonchev–Trinajstić information content (AvgIpc) is 3.13. The number of nitrogens with zero attached hydrogens (tertiary/aromatic N) is 1. The standard InChI is InChI=1S/C23H26N2O5S/c1-16-11-13-25(14-12-16)31(27,28)18-9-7-17(8-10-18)24-23(26)22-20(15-29-2)19-5-3-4-6-21(19)30-22/h3-10,16H,11-15H2,1-2H3,(H,24,26). The SMILES string of the molecule is COCc1c(C(=O)Nc2ccc(S(=O)(=O)N3CCC(C)CC3)cc2)oc2ccccc12. The lowest BCUT2D eigenvalue weighted by Gasteiger charge is -2.29. The lowest BCUT2D eigenvalue weighted by atomic mass is 10.0. The number of ether oxygens (including phenoxy) is 1. The normalized spacial score (nSPS) is 15.9. The molecule has 7 nitrogen and oxygen atoms in total. The Morgan fingerprint density at radius 2 is 1.81 bits per heavy atom. The molecule has 0 bridgehead atoms. The third-order valence-corrected chi connectivity index (χ3v) is 7.60. The molecular weight excluding hydrogens is 416 g/mol. The van der Waals surface area contributed by atoms with Gasteiger partial charge in [0.2, 0.25) is 10.0 Å². The molecule has 8 heteroatoms. The van der Waals surface area contributed by atoms with Crippen molar-refractivity contribution in [2.75, 3.05) is 25.5 Å². The van der Waals surface area contributed by atoms with Crippen LogP contribution < -0.4 is 5.32 Å². The summed E-state index contributed by atoms with van der Waals surface area (Å²) in [6.45, 7) is 3.46. The van der Waals surface area contributed by atoms with Crippen molar-refractivity contribution in [2.24, 2.45) is 5.92 Å². The van der Waals surface area contributed by atoms with Gasteiger partial charge in [0, 0.05) is 36.8 Å². The molecule has 31 heavy (non-hydrogen) atoms. The van der Waals surface area contributed by atoms with Crippen molar-refractivity contribution in [1.29, 1.82) is 0 Å². The van der Waals surface area contributed by atoms with Gasteiger partial charge in [0.05, 0.1) is 11.5 Å². The molecule has 1 amide bonds. The van der Waals surface area contributed by atoms with E-state index in [0.29, 0.717) is 35.8 Å². The summed E-state index contributed by atoms with van der Waals surface area (Å²) in [5.41, 5.74) is 1.77. The van der Waals surface area contributed by atoms with E-state index in [2.05, 4.69) is 12.2 Å². The van der Waals surface area contributed by atoms with Crippen molar-refractivity contribution in [3.8, 4) is 0 Å². The van der Waals surface area contributed by atoms with E-state index in [1.165, 1.54) is 16.4 Å². The number of hydrogen-bond donors (Lipinski definition) is 1. The molecule has 4 rings (SSSR count). The average molecular weight is 443 g/mol. The van der Waals surface area contributed by atoms with Crippen molar-refractivity contribution in [3.05, 3.63) is 59.9 Å². The molecule has 1 aliphatic rings. The molecule has 1 fully saturated rings. The number of hydrogen-bond acceptors (Lipinski definition) is 5. The molecule has 0 aliphatic carbocycles. The summed E-state index contributed by atoms with van der Waals surface area (Å²) in [5.74, 6) is 0.316. The van der Waals surface area contributed by atoms with Crippen LogP contribution in [0, 0.1) is 5.92 Å². The van der Waals surface area contributed by atoms with Crippen molar-refractivity contribution < 1.29 is 22.4 Å². The van der Waals surface area contributed by atoms with Crippen molar-refractivity contribution in [2.45, 2.75) is 31.3 Å². The first-order valence-electron chi connectivity index (χ1n) is 10.3. The van der Waals surface area contributed by atoms with Crippen molar-refractivity contribution in [3.63, 3.8) is 0 Å². The molecule has 2 heterocycles. The van der Waals surface area contributed by atoms with Gasteiger partial charge in [-0.25, -0.2) is 8.42 Å². The summed E-state index contributed by atoms with van der Waals surface area (Å²) in [6, 6.07) is 13.6. The first kappa shape index (κ1) is 21.5. The number of para-hydroxylation sites is 1. The minimum absolute atomic E-state index is 0.183. The molecule has 0 unspecified atom stereocenters. The fourth-order valence-corrected chi connectivity index (χ4v) is 5.31. The predicted octanol–water partition coefficient (Wildman–Crippen LogP) is 4.25. The Morgan fingerprint density at radius 3 is 2.48 bits per heavy atom. The van der Waals surface area contributed by atoms with Crippen molar-refractivity contribution in [1.82, 2.24) is 4.31 Å². The summed E-state index contributed by atoms with van der Waals surface area (Å²) < 4.78 is 38.3. The summed E-state index contributed by atoms with van der Waals surface area (Å²) in [6.07, 6.45) is 1.74. The van der Waals surface area contributed by atoms with Gasteiger partial charge in [0.25, 0.3) is 5.91 Å². The lowest BCUT2D eigenvalue weighted by Crippen LogP contribution is -2.37. The van der Waals surface area contributed by atoms with Gasteiger partial charge in [-0.1, -0.05) is 25.1 Å². The number of anilines is 1. The molecular formula is C23H26N2O5S. The van der Waals surface area contributed by atoms with Crippen LogP contribution >= 0.6 is 0 Å². The minimum Gasteiger partial charge on any atom is -0.451 e. The van der Waals surface area contributed by atoms with Gasteiger partial charge in [0.15, 0.2) is 5.76 Å². The summed E-state index contributed by atoms with van der Waals surface area (Å²) in [7, 11) is -1.97. The third-order valence-electron chi connectivity index (χ3n) is 5.69. The van der Waals surface area contributed by atoms with Gasteiger partial charge >= 0.3 is 0 Å². The highest BCUT2D eigenvalue weighted by Crippen LogP contribution is 2.28. The second-order valence-corrected chi connectivity index (χ2v) is 9.84. The molecule has 164 valence electrons. The zero-order valence-electron chi connectivity index (χ0n) is 17.6. The third kappa shape index (κ3) is 4.37. The van der Waals surface area contributed by atoms with Crippen LogP contribution in [-0.4, -0.2) is 38.8 Å². The van der Waals surface area contributed by atoms with E-state index in [1.807, 2.05) is 18.2 Å². The Labute approximate surface area is 182 Å². The minimum atomic E-state index is -3.53. The van der Waals surface area contributed by atoms with E-state index in [1.54, 1.807) is 25.3 Å². The number of sulfonamides is 1. The van der Waals surface area contributed by atoms with Gasteiger partial charge in [-0.05, 0) is 49.1 Å². The van der Waals surface area contributed by atoms with Crippen LogP contribution in [0.1, 0.15) is 35.9 Å². The highest BCUT2D eigenvalue weighted by molar-refractivity contribution is 7.89. The Bertz CT molecular complexity index is 1180. The number of fused-ring (bicyclic) bond motifs is 1. The highest BCUT2D eigenvalue weighted by atomic mass is 32.2. The van der Waals surface area contributed by atoms with Crippen LogP contribution in [0.2, 0.25) is 0 Å². The summed E-state index contributed by atoms with van der Waals surface area (Å²) in [4.78, 5) is 13.1. The topological polar surface area (TPSA) is 88.8 Å². The second-order valence-electron chi connectivity index (χ2n) is 7.90. The number of furan rings is 1. The first-order chi connectivity index (χ1) is 14.9. The Hall–Kier alpha value is -2.68. The molecule has 0 saturated carbocycles. The number of carbonyl (C=O) groups excluding carboxylic acids is 1. The zero-order chi connectivity index (χ0) is 22.0. The van der Waals surface area contributed by atoms with Gasteiger partial charge in [-0.15, -0.1) is 0 Å². The van der Waals surface area contributed by atoms with Gasteiger partial charge < -0.3 is 14.5 Å². The summed E-state index contributed by atoms with van der Waals surface area (Å²) in [5, 5.41) is 3.61. The molecule has 1 N–H and O–H groups in total. The smallest absolute Gasteiger partial charge is 0.291 e. The van der Waals surface area contributed by atoms with Crippen molar-refractivity contribution >= 4 is 32.6 Å². The van der Waals surface area contributed by atoms with E-state index in [0.717, 1.165) is 18.2 Å². The van der Waals surface area contributed by atoms with E-state index in [9.17, 15) is 13.2 Å². The fraction of sp³-hybridized carbons (Fsp3) is 0.348. The molecule has 2 aromatic carbocycles. The van der Waals surface area contributed by atoms with E-state index < -0.39 is 15.9 Å². The van der Waals surface area contributed by atoms with Gasteiger partial charge in [-0.3, -0.25) is 4.79 Å². The van der Waals surface area contributed by atoms with E-state index in [4.69, 9.17) is 9.15 Å². The maximum atomic E-state index is 12.9. The molecule has 0 radical (unpaired) electrons. The van der Waals surface area contributed by atoms with Gasteiger partial charge in [-0.2, -0.15) is 4.31 Å². The molecule has 0 spiro atoms. The summed E-state index contributed by atoms with van der Waals surface area (Å²) >= 11 is 0. The Kier molecular flexibility index (Phi) is 6.13. The quantitative estimate of drug-likeness (QED) is 0.616. The van der Waals surface area contributed by atoms with Crippen LogP contribution in [0.5, 0.6) is 0 Å². The fourth-order valence-electron chi connectivity index (χ4n) is 3.84.